The molecule has 1 amide bonds. The van der Waals surface area contributed by atoms with Crippen molar-refractivity contribution in [1.29, 1.82) is 0 Å². The van der Waals surface area contributed by atoms with Gasteiger partial charge in [0.05, 0.1) is 18.4 Å². The van der Waals surface area contributed by atoms with Gasteiger partial charge in [-0.05, 0) is 49.3 Å². The van der Waals surface area contributed by atoms with Crippen LogP contribution in [-0.2, 0) is 11.2 Å². The highest BCUT2D eigenvalue weighted by molar-refractivity contribution is 6.31. The second-order valence-electron chi connectivity index (χ2n) is 6.12. The van der Waals surface area contributed by atoms with E-state index in [1.165, 1.54) is 17.2 Å². The number of ether oxygens (including phenoxy) is 1. The zero-order chi connectivity index (χ0) is 20.4. The Kier molecular flexibility index (Phi) is 8.37. The Hall–Kier alpha value is -2.98. The lowest BCUT2D eigenvalue weighted by atomic mass is 10.1. The highest BCUT2D eigenvalue weighted by Crippen LogP contribution is 2.19. The summed E-state index contributed by atoms with van der Waals surface area (Å²) in [5.41, 5.74) is 3.09. The first-order valence-corrected chi connectivity index (χ1v) is 9.34. The molecular weight excluding hydrogens is 374 g/mol. The molecule has 4 nitrogen and oxygen atoms in total. The molecule has 5 heteroatoms. The van der Waals surface area contributed by atoms with Crippen LogP contribution in [0.25, 0.3) is 0 Å². The monoisotopic (exact) mass is 397 g/mol. The van der Waals surface area contributed by atoms with Crippen molar-refractivity contribution in [3.8, 4) is 5.75 Å². The summed E-state index contributed by atoms with van der Waals surface area (Å²) in [5.74, 6) is 0.186. The van der Waals surface area contributed by atoms with E-state index in [0.717, 1.165) is 12.7 Å². The summed E-state index contributed by atoms with van der Waals surface area (Å²) in [5, 5.41) is 12.4. The molecule has 0 saturated heterocycles. The van der Waals surface area contributed by atoms with Crippen LogP contribution in [0, 0.1) is 6.92 Å². The fraction of sp³-hybridized carbons (Fsp3) is 0.174. The topological polar surface area (TPSA) is 58.6 Å². The quantitative estimate of drug-likeness (QED) is 0.341. The van der Waals surface area contributed by atoms with Gasteiger partial charge in [-0.2, -0.15) is 0 Å². The molecule has 0 aliphatic carbocycles. The number of carbonyl (C=O) groups is 1. The first-order valence-electron chi connectivity index (χ1n) is 8.96. The summed E-state index contributed by atoms with van der Waals surface area (Å²) >= 11 is 5.97. The highest BCUT2D eigenvalue weighted by Gasteiger charge is 2.09. The van der Waals surface area contributed by atoms with Crippen LogP contribution in [0.15, 0.2) is 83.6 Å². The summed E-state index contributed by atoms with van der Waals surface area (Å²) in [7, 11) is 0. The SMILES string of the molecule is C\C=C/C(Cl)=C\C(=C\O)C(=O)Nc1cccc(OCCc2ccccc2C)c1. The highest BCUT2D eigenvalue weighted by atomic mass is 35.5. The van der Waals surface area contributed by atoms with Crippen LogP contribution < -0.4 is 10.1 Å². The molecule has 0 saturated carbocycles. The van der Waals surface area contributed by atoms with Gasteiger partial charge in [0.25, 0.3) is 5.91 Å². The number of halogens is 1. The van der Waals surface area contributed by atoms with Gasteiger partial charge in [0.1, 0.15) is 5.75 Å². The van der Waals surface area contributed by atoms with E-state index < -0.39 is 5.91 Å². The Balaban J connectivity index is 1.97. The molecule has 2 rings (SSSR count). The third-order valence-electron chi connectivity index (χ3n) is 4.01. The minimum absolute atomic E-state index is 0.0500. The molecule has 2 aromatic rings. The van der Waals surface area contributed by atoms with Crippen LogP contribution in [0.2, 0.25) is 0 Å². The number of nitrogens with one attached hydrogen (secondary N) is 1. The number of aryl methyl sites for hydroxylation is 1. The Morgan fingerprint density at radius 1 is 1.21 bits per heavy atom. The molecule has 0 unspecified atom stereocenters. The van der Waals surface area contributed by atoms with E-state index in [-0.39, 0.29) is 5.57 Å². The number of hydrogen-bond donors (Lipinski definition) is 2. The van der Waals surface area contributed by atoms with Crippen molar-refractivity contribution in [2.45, 2.75) is 20.3 Å². The lowest BCUT2D eigenvalue weighted by Gasteiger charge is -2.10. The smallest absolute Gasteiger partial charge is 0.258 e. The van der Waals surface area contributed by atoms with Crippen molar-refractivity contribution in [3.63, 3.8) is 0 Å². The van der Waals surface area contributed by atoms with Crippen molar-refractivity contribution >= 4 is 23.2 Å². The number of rotatable bonds is 8. The minimum Gasteiger partial charge on any atom is -0.515 e. The number of aliphatic hydroxyl groups excluding tert-OH is 1. The number of amides is 1. The molecular formula is C23H24ClNO3. The van der Waals surface area contributed by atoms with Gasteiger partial charge >= 0.3 is 0 Å². The Labute approximate surface area is 170 Å². The summed E-state index contributed by atoms with van der Waals surface area (Å²) in [6.07, 6.45) is 6.28. The molecule has 0 fully saturated rings. The van der Waals surface area contributed by atoms with E-state index >= 15 is 0 Å². The van der Waals surface area contributed by atoms with E-state index in [1.807, 2.05) is 25.1 Å². The molecule has 0 heterocycles. The van der Waals surface area contributed by atoms with E-state index in [2.05, 4.69) is 24.4 Å². The van der Waals surface area contributed by atoms with E-state index in [0.29, 0.717) is 23.1 Å². The lowest BCUT2D eigenvalue weighted by molar-refractivity contribution is -0.112. The van der Waals surface area contributed by atoms with Crippen LogP contribution in [0.1, 0.15) is 18.1 Å². The molecule has 28 heavy (non-hydrogen) atoms. The summed E-state index contributed by atoms with van der Waals surface area (Å²) in [6.45, 7) is 4.42. The zero-order valence-electron chi connectivity index (χ0n) is 16.0. The number of allylic oxidation sites excluding steroid dienone is 3. The molecule has 0 spiro atoms. The van der Waals surface area contributed by atoms with Crippen LogP contribution in [0.5, 0.6) is 5.75 Å². The zero-order valence-corrected chi connectivity index (χ0v) is 16.7. The van der Waals surface area contributed by atoms with E-state index in [1.54, 1.807) is 30.4 Å². The number of anilines is 1. The largest absolute Gasteiger partial charge is 0.515 e. The molecule has 0 aliphatic rings. The third-order valence-corrected chi connectivity index (χ3v) is 4.25. The average molecular weight is 398 g/mol. The number of aliphatic hydroxyl groups is 1. The maximum Gasteiger partial charge on any atom is 0.258 e. The Bertz CT molecular complexity index is 900. The van der Waals surface area contributed by atoms with Crippen LogP contribution in [0.4, 0.5) is 5.69 Å². The van der Waals surface area contributed by atoms with Crippen molar-refractivity contribution in [2.24, 2.45) is 0 Å². The van der Waals surface area contributed by atoms with Crippen molar-refractivity contribution in [1.82, 2.24) is 0 Å². The van der Waals surface area contributed by atoms with Crippen molar-refractivity contribution in [3.05, 3.63) is 94.8 Å². The van der Waals surface area contributed by atoms with Gasteiger partial charge in [-0.15, -0.1) is 0 Å². The number of hydrogen-bond acceptors (Lipinski definition) is 3. The number of benzene rings is 2. The third kappa shape index (κ3) is 6.63. The van der Waals surface area contributed by atoms with Crippen LogP contribution in [-0.4, -0.2) is 17.6 Å². The van der Waals surface area contributed by atoms with Gasteiger partial charge in [0.15, 0.2) is 0 Å². The molecule has 0 aliphatic heterocycles. The average Bonchev–Trinajstić information content (AvgIpc) is 2.68. The molecule has 0 radical (unpaired) electrons. The minimum atomic E-state index is -0.470. The molecule has 146 valence electrons. The predicted octanol–water partition coefficient (Wildman–Crippen LogP) is 5.70. The fourth-order valence-electron chi connectivity index (χ4n) is 2.55. The molecule has 0 bridgehead atoms. The van der Waals surface area contributed by atoms with Crippen LogP contribution >= 0.6 is 11.6 Å². The molecule has 0 aromatic heterocycles. The first-order chi connectivity index (χ1) is 13.5. The number of carbonyl (C=O) groups excluding carboxylic acids is 1. The summed E-state index contributed by atoms with van der Waals surface area (Å²) in [4.78, 5) is 12.3. The second kappa shape index (κ2) is 11.0. The van der Waals surface area contributed by atoms with E-state index in [4.69, 9.17) is 16.3 Å². The first kappa shape index (κ1) is 21.3. The lowest BCUT2D eigenvalue weighted by Crippen LogP contribution is -2.13. The second-order valence-corrected chi connectivity index (χ2v) is 6.56. The fourth-order valence-corrected chi connectivity index (χ4v) is 2.80. The summed E-state index contributed by atoms with van der Waals surface area (Å²) in [6, 6.07) is 15.3. The van der Waals surface area contributed by atoms with Crippen molar-refractivity contribution < 1.29 is 14.6 Å². The summed E-state index contributed by atoms with van der Waals surface area (Å²) < 4.78 is 5.81. The van der Waals surface area contributed by atoms with Crippen LogP contribution in [0.3, 0.4) is 0 Å². The standard InChI is InChI=1S/C23H24ClNO3/c1-3-7-20(24)14-19(16-26)23(27)25-21-10-6-11-22(15-21)28-13-12-18-9-5-4-8-17(18)2/h3-11,14-16,26H,12-13H2,1-2H3,(H,25,27)/b7-3-,19-16-,20-14+. The maximum atomic E-state index is 12.3. The van der Waals surface area contributed by atoms with Gasteiger partial charge in [0, 0.05) is 23.2 Å². The maximum absolute atomic E-state index is 12.3. The van der Waals surface area contributed by atoms with E-state index in [9.17, 15) is 9.90 Å². The molecule has 0 atom stereocenters. The normalized spacial score (nSPS) is 12.2. The molecule has 2 aromatic carbocycles. The van der Waals surface area contributed by atoms with Crippen molar-refractivity contribution in [2.75, 3.05) is 11.9 Å². The predicted molar refractivity (Wildman–Crippen MR) is 115 cm³/mol. The van der Waals surface area contributed by atoms with Gasteiger partial charge < -0.3 is 15.2 Å². The van der Waals surface area contributed by atoms with Gasteiger partial charge in [-0.3, -0.25) is 4.79 Å². The molecule has 2 N–H and O–H groups in total. The van der Waals surface area contributed by atoms with Gasteiger partial charge in [0.2, 0.25) is 0 Å². The Morgan fingerprint density at radius 2 is 2.00 bits per heavy atom. The van der Waals surface area contributed by atoms with Gasteiger partial charge in [-0.25, -0.2) is 0 Å². The Morgan fingerprint density at radius 3 is 2.71 bits per heavy atom. The van der Waals surface area contributed by atoms with Gasteiger partial charge in [-0.1, -0.05) is 48.0 Å².